The molecule has 8 nitrogen and oxygen atoms in total. The van der Waals surface area contributed by atoms with Crippen LogP contribution in [0.4, 0.5) is 4.39 Å². The van der Waals surface area contributed by atoms with Crippen LogP contribution in [0.1, 0.15) is 56.4 Å². The number of aromatic nitrogens is 2. The summed E-state index contributed by atoms with van der Waals surface area (Å²) in [4.78, 5) is 20.0. The van der Waals surface area contributed by atoms with E-state index in [2.05, 4.69) is 4.98 Å². The van der Waals surface area contributed by atoms with Crippen LogP contribution in [0.25, 0.3) is 16.4 Å². The summed E-state index contributed by atoms with van der Waals surface area (Å²) in [5.41, 5.74) is 1.50. The van der Waals surface area contributed by atoms with Crippen LogP contribution in [0.2, 0.25) is 0 Å². The first-order chi connectivity index (χ1) is 16.7. The Balaban J connectivity index is 1.98. The lowest BCUT2D eigenvalue weighted by atomic mass is 9.93. The zero-order valence-corrected chi connectivity index (χ0v) is 22.4. The topological polar surface area (TPSA) is 97.1 Å². The largest absolute Gasteiger partial charge is 0.493 e. The van der Waals surface area contributed by atoms with Gasteiger partial charge in [0, 0.05) is 11.6 Å². The molecule has 1 aliphatic heterocycles. The van der Waals surface area contributed by atoms with Gasteiger partial charge in [0.1, 0.15) is 0 Å². The van der Waals surface area contributed by atoms with E-state index in [1.54, 1.807) is 33.9 Å². The van der Waals surface area contributed by atoms with Crippen LogP contribution in [0.5, 0.6) is 11.5 Å². The molecule has 36 heavy (non-hydrogen) atoms. The highest BCUT2D eigenvalue weighted by Gasteiger charge is 2.42. The Morgan fingerprint density at radius 1 is 1.22 bits per heavy atom. The fourth-order valence-electron chi connectivity index (χ4n) is 4.71. The highest BCUT2D eigenvalue weighted by Crippen LogP contribution is 2.41. The minimum absolute atomic E-state index is 0.0934. The van der Waals surface area contributed by atoms with Crippen molar-refractivity contribution in [2.75, 3.05) is 7.11 Å². The number of rotatable bonds is 6. The summed E-state index contributed by atoms with van der Waals surface area (Å²) in [6, 6.07) is 6.74. The van der Waals surface area contributed by atoms with E-state index < -0.39 is 17.3 Å². The maximum Gasteiger partial charge on any atom is 0.278 e. The van der Waals surface area contributed by atoms with Gasteiger partial charge in [-0.2, -0.15) is 4.39 Å². The van der Waals surface area contributed by atoms with Gasteiger partial charge in [-0.15, -0.1) is 11.3 Å². The quantitative estimate of drug-likeness (QED) is 0.387. The van der Waals surface area contributed by atoms with E-state index in [9.17, 15) is 19.4 Å². The number of nitrogens with zero attached hydrogens (tertiary/aromatic N) is 3. The van der Waals surface area contributed by atoms with Crippen molar-refractivity contribution in [3.63, 3.8) is 0 Å². The van der Waals surface area contributed by atoms with E-state index in [1.165, 1.54) is 6.07 Å². The van der Waals surface area contributed by atoms with Gasteiger partial charge in [0.15, 0.2) is 34.0 Å². The summed E-state index contributed by atoms with van der Waals surface area (Å²) in [6.07, 6.45) is 0.967. The first kappa shape index (κ1) is 26.2. The lowest BCUT2D eigenvalue weighted by Crippen LogP contribution is -2.60. The Labute approximate surface area is 214 Å². The van der Waals surface area contributed by atoms with Crippen molar-refractivity contribution in [2.24, 2.45) is 0 Å². The minimum Gasteiger partial charge on any atom is -0.493 e. The second-order valence-electron chi connectivity index (χ2n) is 10.3. The second-order valence-corrected chi connectivity index (χ2v) is 11.3. The number of ether oxygens (including phenoxy) is 2. The van der Waals surface area contributed by atoms with Crippen LogP contribution in [-0.2, 0) is 12.8 Å². The molecule has 0 saturated carbocycles. The van der Waals surface area contributed by atoms with Crippen LogP contribution < -0.4 is 9.47 Å². The molecule has 0 bridgehead atoms. The molecule has 0 radical (unpaired) electrons. The average molecular weight is 515 g/mol. The molecule has 11 heteroatoms. The number of fused-ring (bicyclic) bond motifs is 3. The molecule has 2 N–H and O–H groups in total. The van der Waals surface area contributed by atoms with Gasteiger partial charge < -0.3 is 19.7 Å². The van der Waals surface area contributed by atoms with Gasteiger partial charge in [-0.25, -0.2) is 4.98 Å². The van der Waals surface area contributed by atoms with E-state index in [1.807, 2.05) is 30.5 Å². The highest BCUT2D eigenvalue weighted by molar-refractivity contribution is 7.13. The molecule has 1 aliphatic rings. The molecule has 1 amide bonds. The molecule has 0 fully saturated rings. The van der Waals surface area contributed by atoms with E-state index in [0.29, 0.717) is 40.7 Å². The Hall–Kier alpha value is -2.89. The van der Waals surface area contributed by atoms with Gasteiger partial charge in [0.2, 0.25) is 7.85 Å². The molecule has 3 aromatic rings. The first-order valence-corrected chi connectivity index (χ1v) is 12.6. The van der Waals surface area contributed by atoms with Crippen molar-refractivity contribution in [1.82, 2.24) is 14.5 Å². The lowest BCUT2D eigenvalue weighted by molar-refractivity contribution is -0.200. The van der Waals surface area contributed by atoms with E-state index in [-0.39, 0.29) is 16.9 Å². The van der Waals surface area contributed by atoms with Crippen LogP contribution in [0.3, 0.4) is 0 Å². The number of halogens is 1. The maximum absolute atomic E-state index is 14.1. The fourth-order valence-corrected chi connectivity index (χ4v) is 5.42. The number of hydrogen-bond acceptors (Lipinski definition) is 7. The lowest BCUT2D eigenvalue weighted by Gasteiger charge is -2.42. The molecule has 192 valence electrons. The summed E-state index contributed by atoms with van der Waals surface area (Å²) in [6.45, 7) is 8.97. The summed E-state index contributed by atoms with van der Waals surface area (Å²) in [5, 5.41) is 20.5. The van der Waals surface area contributed by atoms with Gasteiger partial charge in [-0.3, -0.25) is 14.3 Å². The van der Waals surface area contributed by atoms with Crippen molar-refractivity contribution in [3.05, 3.63) is 46.3 Å². The predicted octanol–water partition coefficient (Wildman–Crippen LogP) is 3.10. The SMILES string of the molecule is BC(O)(O)N(C(=O)c1nc(-c2ccc(F)s2)n2c1CCc1cc(OC)c(OC(C)C)cc1-2)C(C)(C)C. The predicted molar refractivity (Wildman–Crippen MR) is 138 cm³/mol. The van der Waals surface area contributed by atoms with Crippen molar-refractivity contribution < 1.29 is 28.9 Å². The molecule has 0 atom stereocenters. The standard InChI is InChI=1S/C25H31BFN3O5S/c1-13(2)35-18-12-16-14(11-17(18)34-6)7-8-15-21(23(31)30(24(3,4)5)25(26,32)33)28-22(29(15)16)19-9-10-20(27)36-19/h9-13,32-33H,7-8,26H2,1-6H3. The number of aliphatic hydroxyl groups is 2. The van der Waals surface area contributed by atoms with Crippen LogP contribution in [0.15, 0.2) is 24.3 Å². The Bertz CT molecular complexity index is 1290. The van der Waals surface area contributed by atoms with Gasteiger partial charge >= 0.3 is 0 Å². The highest BCUT2D eigenvalue weighted by atomic mass is 32.1. The summed E-state index contributed by atoms with van der Waals surface area (Å²) in [7, 11) is 2.73. The maximum atomic E-state index is 14.1. The van der Waals surface area contributed by atoms with E-state index >= 15 is 0 Å². The van der Waals surface area contributed by atoms with Crippen molar-refractivity contribution in [2.45, 2.75) is 64.9 Å². The van der Waals surface area contributed by atoms with Crippen LogP contribution in [-0.4, -0.2) is 63.0 Å². The molecular weight excluding hydrogens is 484 g/mol. The summed E-state index contributed by atoms with van der Waals surface area (Å²) in [5.74, 6) is -1.51. The number of carbonyl (C=O) groups is 1. The molecule has 1 aromatic carbocycles. The molecule has 0 aliphatic carbocycles. The number of benzene rings is 1. The molecule has 2 aromatic heterocycles. The zero-order chi connectivity index (χ0) is 26.6. The van der Waals surface area contributed by atoms with Crippen LogP contribution >= 0.6 is 11.3 Å². The average Bonchev–Trinajstić information content (AvgIpc) is 3.34. The minimum atomic E-state index is -2.42. The van der Waals surface area contributed by atoms with Gasteiger partial charge in [0.25, 0.3) is 5.91 Å². The Kier molecular flexibility index (Phi) is 6.70. The smallest absolute Gasteiger partial charge is 0.278 e. The van der Waals surface area contributed by atoms with E-state index in [4.69, 9.17) is 9.47 Å². The number of amides is 1. The third kappa shape index (κ3) is 4.75. The molecule has 0 saturated heterocycles. The first-order valence-electron chi connectivity index (χ1n) is 11.8. The second kappa shape index (κ2) is 9.21. The summed E-state index contributed by atoms with van der Waals surface area (Å²) < 4.78 is 27.4. The summed E-state index contributed by atoms with van der Waals surface area (Å²) >= 11 is 0.926. The van der Waals surface area contributed by atoms with Gasteiger partial charge in [0.05, 0.1) is 29.5 Å². The van der Waals surface area contributed by atoms with Gasteiger partial charge in [-0.1, -0.05) is 0 Å². The number of hydrogen-bond donors (Lipinski definition) is 2. The number of thiophene rings is 1. The zero-order valence-electron chi connectivity index (χ0n) is 21.5. The molecule has 0 spiro atoms. The number of aryl methyl sites for hydroxylation is 1. The molecular formula is C25H31BFN3O5S. The van der Waals surface area contributed by atoms with Crippen molar-refractivity contribution in [3.8, 4) is 27.9 Å². The molecule has 3 heterocycles. The van der Waals surface area contributed by atoms with Gasteiger partial charge in [-0.05, 0) is 71.2 Å². The van der Waals surface area contributed by atoms with Crippen LogP contribution in [0, 0.1) is 5.13 Å². The van der Waals surface area contributed by atoms with Crippen molar-refractivity contribution >= 4 is 25.1 Å². The Morgan fingerprint density at radius 3 is 2.44 bits per heavy atom. The number of carbonyl (C=O) groups excluding carboxylic acids is 1. The normalized spacial score (nSPS) is 13.4. The monoisotopic (exact) mass is 515 g/mol. The number of imidazole rings is 1. The third-order valence-corrected chi connectivity index (χ3v) is 6.74. The van der Waals surface area contributed by atoms with E-state index in [0.717, 1.165) is 35.3 Å². The molecule has 4 rings (SSSR count). The fraction of sp³-hybridized carbons (Fsp3) is 0.440. The molecule has 0 unspecified atom stereocenters. The third-order valence-electron chi connectivity index (χ3n) is 5.87. The van der Waals surface area contributed by atoms with Crippen molar-refractivity contribution in [1.29, 1.82) is 0 Å². The Morgan fingerprint density at radius 2 is 1.92 bits per heavy atom. The number of methoxy groups -OCH3 is 1.